The van der Waals surface area contributed by atoms with Gasteiger partial charge in [-0.2, -0.15) is 0 Å². The predicted molar refractivity (Wildman–Crippen MR) is 72.4 cm³/mol. The summed E-state index contributed by atoms with van der Waals surface area (Å²) in [5.74, 6) is -0.682. The minimum absolute atomic E-state index is 0.326. The van der Waals surface area contributed by atoms with Gasteiger partial charge in [-0.25, -0.2) is 0 Å². The van der Waals surface area contributed by atoms with Gasteiger partial charge in [-0.05, 0) is 12.0 Å². The third kappa shape index (κ3) is 3.32. The van der Waals surface area contributed by atoms with Gasteiger partial charge in [0.25, 0.3) is 0 Å². The third-order valence-corrected chi connectivity index (χ3v) is 3.37. The van der Waals surface area contributed by atoms with Crippen molar-refractivity contribution < 1.29 is 9.59 Å². The van der Waals surface area contributed by atoms with Gasteiger partial charge in [0.1, 0.15) is 0 Å². The zero-order chi connectivity index (χ0) is 13.7. The maximum absolute atomic E-state index is 11.9. The zero-order valence-electron chi connectivity index (χ0n) is 10.8. The molecule has 0 spiro atoms. The molecule has 1 unspecified atom stereocenters. The molecule has 0 aliphatic carbocycles. The molecule has 2 rings (SSSR count). The number of amides is 2. The average Bonchev–Trinajstić information content (AvgIpc) is 2.94. The molecular weight excluding hydrogens is 242 g/mol. The van der Waals surface area contributed by atoms with E-state index in [2.05, 4.69) is 17.4 Å². The van der Waals surface area contributed by atoms with Crippen molar-refractivity contribution in [2.45, 2.75) is 12.3 Å². The second-order valence-corrected chi connectivity index (χ2v) is 4.69. The maximum atomic E-state index is 11.9. The van der Waals surface area contributed by atoms with Crippen molar-refractivity contribution in [1.82, 2.24) is 10.2 Å². The molecule has 1 aromatic rings. The van der Waals surface area contributed by atoms with Crippen molar-refractivity contribution in [3.05, 3.63) is 35.9 Å². The highest BCUT2D eigenvalue weighted by molar-refractivity contribution is 6.35. The molecule has 3 N–H and O–H groups in total. The lowest BCUT2D eigenvalue weighted by Gasteiger charge is -2.16. The number of rotatable bonds is 3. The summed E-state index contributed by atoms with van der Waals surface area (Å²) in [5, 5.41) is 2.51. The van der Waals surface area contributed by atoms with Crippen LogP contribution < -0.4 is 11.1 Å². The number of carbonyl (C=O) groups excluding carboxylic acids is 2. The van der Waals surface area contributed by atoms with E-state index in [1.807, 2.05) is 18.2 Å². The predicted octanol–water partition coefficient (Wildman–Crippen LogP) is 0.0774. The molecule has 0 bridgehead atoms. The Morgan fingerprint density at radius 1 is 1.32 bits per heavy atom. The van der Waals surface area contributed by atoms with Crippen molar-refractivity contribution in [3.63, 3.8) is 0 Å². The SMILES string of the molecule is NCCNC(=O)C(=O)N1CCC(c2ccccc2)C1. The number of benzene rings is 1. The fourth-order valence-electron chi connectivity index (χ4n) is 2.35. The number of hydrogen-bond donors (Lipinski definition) is 2. The van der Waals surface area contributed by atoms with Crippen LogP contribution in [-0.4, -0.2) is 42.9 Å². The van der Waals surface area contributed by atoms with E-state index in [1.165, 1.54) is 5.56 Å². The highest BCUT2D eigenvalue weighted by Crippen LogP contribution is 2.26. The largest absolute Gasteiger partial charge is 0.347 e. The second kappa shape index (κ2) is 6.33. The topological polar surface area (TPSA) is 75.4 Å². The molecule has 1 atom stereocenters. The van der Waals surface area contributed by atoms with E-state index in [0.717, 1.165) is 6.42 Å². The summed E-state index contributed by atoms with van der Waals surface area (Å²) in [6.07, 6.45) is 0.903. The summed E-state index contributed by atoms with van der Waals surface area (Å²) in [4.78, 5) is 25.1. The van der Waals surface area contributed by atoms with E-state index >= 15 is 0 Å². The van der Waals surface area contributed by atoms with Crippen molar-refractivity contribution >= 4 is 11.8 Å². The first kappa shape index (κ1) is 13.5. The van der Waals surface area contributed by atoms with Gasteiger partial charge in [0.05, 0.1) is 0 Å². The van der Waals surface area contributed by atoms with Gasteiger partial charge in [-0.3, -0.25) is 9.59 Å². The van der Waals surface area contributed by atoms with Crippen LogP contribution in [0.25, 0.3) is 0 Å². The van der Waals surface area contributed by atoms with Crippen LogP contribution in [0.2, 0.25) is 0 Å². The van der Waals surface area contributed by atoms with Gasteiger partial charge in [-0.1, -0.05) is 30.3 Å². The van der Waals surface area contributed by atoms with Crippen molar-refractivity contribution in [2.24, 2.45) is 5.73 Å². The monoisotopic (exact) mass is 261 g/mol. The van der Waals surface area contributed by atoms with Gasteiger partial charge >= 0.3 is 11.8 Å². The van der Waals surface area contributed by atoms with E-state index in [9.17, 15) is 9.59 Å². The van der Waals surface area contributed by atoms with E-state index < -0.39 is 11.8 Å². The first-order valence-corrected chi connectivity index (χ1v) is 6.54. The first-order valence-electron chi connectivity index (χ1n) is 6.54. The van der Waals surface area contributed by atoms with E-state index in [1.54, 1.807) is 4.90 Å². The molecule has 1 aliphatic heterocycles. The Bertz CT molecular complexity index is 447. The molecule has 1 aliphatic rings. The van der Waals surface area contributed by atoms with Crippen LogP contribution in [0.5, 0.6) is 0 Å². The molecule has 5 nitrogen and oxygen atoms in total. The van der Waals surface area contributed by atoms with Gasteiger partial charge in [0.15, 0.2) is 0 Å². The zero-order valence-corrected chi connectivity index (χ0v) is 10.8. The molecule has 1 fully saturated rings. The molecule has 5 heteroatoms. The third-order valence-electron chi connectivity index (χ3n) is 3.37. The lowest BCUT2D eigenvalue weighted by Crippen LogP contribution is -2.43. The number of carbonyl (C=O) groups is 2. The Morgan fingerprint density at radius 3 is 2.74 bits per heavy atom. The summed E-state index contributed by atoms with van der Waals surface area (Å²) in [7, 11) is 0. The van der Waals surface area contributed by atoms with Crippen LogP contribution in [-0.2, 0) is 9.59 Å². The number of nitrogens with two attached hydrogens (primary N) is 1. The number of nitrogens with zero attached hydrogens (tertiary/aromatic N) is 1. The standard InChI is InChI=1S/C14H19N3O2/c15-7-8-16-13(18)14(19)17-9-6-12(10-17)11-4-2-1-3-5-11/h1-5,12H,6-10,15H2,(H,16,18). The van der Waals surface area contributed by atoms with Gasteiger partial charge in [0.2, 0.25) is 0 Å². The van der Waals surface area contributed by atoms with Crippen molar-refractivity contribution in [1.29, 1.82) is 0 Å². The molecular formula is C14H19N3O2. The van der Waals surface area contributed by atoms with Crippen LogP contribution in [0.4, 0.5) is 0 Å². The number of nitrogens with one attached hydrogen (secondary N) is 1. The fourth-order valence-corrected chi connectivity index (χ4v) is 2.35. The van der Waals surface area contributed by atoms with E-state index in [0.29, 0.717) is 32.1 Å². The Kier molecular flexibility index (Phi) is 4.52. The molecule has 0 aromatic heterocycles. The van der Waals surface area contributed by atoms with Crippen LogP contribution in [0, 0.1) is 0 Å². The lowest BCUT2D eigenvalue weighted by molar-refractivity contribution is -0.145. The summed E-state index contributed by atoms with van der Waals surface area (Å²) >= 11 is 0. The van der Waals surface area contributed by atoms with Crippen LogP contribution in [0.1, 0.15) is 17.9 Å². The summed E-state index contributed by atoms with van der Waals surface area (Å²) in [6, 6.07) is 10.1. The van der Waals surface area contributed by atoms with Gasteiger partial charge in [-0.15, -0.1) is 0 Å². The van der Waals surface area contributed by atoms with Crippen molar-refractivity contribution in [2.75, 3.05) is 26.2 Å². The molecule has 1 saturated heterocycles. The number of hydrogen-bond acceptors (Lipinski definition) is 3. The highest BCUT2D eigenvalue weighted by Gasteiger charge is 2.30. The quantitative estimate of drug-likeness (QED) is 0.756. The van der Waals surface area contributed by atoms with Crippen molar-refractivity contribution in [3.8, 4) is 0 Å². The van der Waals surface area contributed by atoms with Crippen LogP contribution >= 0.6 is 0 Å². The minimum atomic E-state index is -0.556. The van der Waals surface area contributed by atoms with E-state index in [4.69, 9.17) is 5.73 Å². The maximum Gasteiger partial charge on any atom is 0.311 e. The first-order chi connectivity index (χ1) is 9.22. The Morgan fingerprint density at radius 2 is 2.05 bits per heavy atom. The highest BCUT2D eigenvalue weighted by atomic mass is 16.2. The molecule has 102 valence electrons. The Labute approximate surface area is 112 Å². The molecule has 0 radical (unpaired) electrons. The van der Waals surface area contributed by atoms with Gasteiger partial charge in [0, 0.05) is 32.1 Å². The van der Waals surface area contributed by atoms with Crippen LogP contribution in [0.3, 0.4) is 0 Å². The Hall–Kier alpha value is -1.88. The Balaban J connectivity index is 1.91. The van der Waals surface area contributed by atoms with Crippen LogP contribution in [0.15, 0.2) is 30.3 Å². The smallest absolute Gasteiger partial charge is 0.311 e. The minimum Gasteiger partial charge on any atom is -0.347 e. The lowest BCUT2D eigenvalue weighted by atomic mass is 9.99. The summed E-state index contributed by atoms with van der Waals surface area (Å²) in [5.41, 5.74) is 6.51. The molecule has 0 saturated carbocycles. The number of likely N-dealkylation sites (tertiary alicyclic amines) is 1. The fraction of sp³-hybridized carbons (Fsp3) is 0.429. The molecule has 1 heterocycles. The normalized spacial score (nSPS) is 18.4. The summed E-state index contributed by atoms with van der Waals surface area (Å²) < 4.78 is 0. The summed E-state index contributed by atoms with van der Waals surface area (Å²) in [6.45, 7) is 1.92. The molecule has 1 aromatic carbocycles. The van der Waals surface area contributed by atoms with Gasteiger partial charge < -0.3 is 16.0 Å². The second-order valence-electron chi connectivity index (χ2n) is 4.69. The average molecular weight is 261 g/mol. The molecule has 19 heavy (non-hydrogen) atoms. The van der Waals surface area contributed by atoms with E-state index in [-0.39, 0.29) is 0 Å². The molecule has 2 amide bonds.